The first-order valence-corrected chi connectivity index (χ1v) is 8.16. The number of hydrogen-bond acceptors (Lipinski definition) is 1. The summed E-state index contributed by atoms with van der Waals surface area (Å²) in [6.45, 7) is 6.40. The Morgan fingerprint density at radius 3 is 1.82 bits per heavy atom. The summed E-state index contributed by atoms with van der Waals surface area (Å²) in [5.74, 6) is 0. The molecule has 0 radical (unpaired) electrons. The third kappa shape index (κ3) is 8.65. The highest BCUT2D eigenvalue weighted by Crippen LogP contribution is 2.12. The van der Waals surface area contributed by atoms with Gasteiger partial charge in [-0.15, -0.1) is 0 Å². The zero-order valence-corrected chi connectivity index (χ0v) is 12.1. The van der Waals surface area contributed by atoms with Gasteiger partial charge in [0.2, 0.25) is 0 Å². The van der Waals surface area contributed by atoms with Crippen LogP contribution in [-0.2, 0) is 0 Å². The number of unbranched alkanes of at least 4 members (excludes halogenated alkanes) is 5. The van der Waals surface area contributed by atoms with Crippen LogP contribution >= 0.6 is 0 Å². The van der Waals surface area contributed by atoms with Crippen molar-refractivity contribution in [2.75, 3.05) is 19.6 Å². The summed E-state index contributed by atoms with van der Waals surface area (Å²) < 4.78 is 0. The van der Waals surface area contributed by atoms with Crippen LogP contribution in [0, 0.1) is 0 Å². The normalized spacial score (nSPS) is 19.6. The van der Waals surface area contributed by atoms with Gasteiger partial charge in [0.25, 0.3) is 0 Å². The second-order valence-corrected chi connectivity index (χ2v) is 5.73. The average Bonchev–Trinajstić information content (AvgIpc) is 2.47. The Morgan fingerprint density at radius 2 is 1.18 bits per heavy atom. The highest BCUT2D eigenvalue weighted by Gasteiger charge is 2.06. The molecule has 1 heterocycles. The molecule has 102 valence electrons. The molecule has 0 N–H and O–H groups in total. The van der Waals surface area contributed by atoms with Crippen LogP contribution in [0.3, 0.4) is 0 Å². The molecule has 0 aromatic heterocycles. The van der Waals surface area contributed by atoms with Gasteiger partial charge in [0.1, 0.15) is 0 Å². The van der Waals surface area contributed by atoms with E-state index >= 15 is 0 Å². The maximum atomic E-state index is 2.73. The van der Waals surface area contributed by atoms with Crippen LogP contribution in [0.4, 0.5) is 0 Å². The molecule has 0 amide bonds. The second-order valence-electron chi connectivity index (χ2n) is 5.73. The maximum absolute atomic E-state index is 2.73. The minimum Gasteiger partial charge on any atom is -0.303 e. The van der Waals surface area contributed by atoms with Crippen molar-refractivity contribution in [3.05, 3.63) is 0 Å². The predicted molar refractivity (Wildman–Crippen MR) is 77.5 cm³/mol. The molecule has 0 atom stereocenters. The largest absolute Gasteiger partial charge is 0.303 e. The molecular weight excluding hydrogens is 206 g/mol. The molecule has 1 rings (SSSR count). The molecule has 0 spiro atoms. The molecular formula is C16H33N. The van der Waals surface area contributed by atoms with E-state index in [1.807, 2.05) is 0 Å². The van der Waals surface area contributed by atoms with E-state index in [-0.39, 0.29) is 0 Å². The van der Waals surface area contributed by atoms with Crippen molar-refractivity contribution in [2.45, 2.75) is 84.0 Å². The summed E-state index contributed by atoms with van der Waals surface area (Å²) in [7, 11) is 0. The molecule has 0 unspecified atom stereocenters. The van der Waals surface area contributed by atoms with Crippen molar-refractivity contribution >= 4 is 0 Å². The Kier molecular flexibility index (Phi) is 9.78. The van der Waals surface area contributed by atoms with Crippen molar-refractivity contribution in [3.63, 3.8) is 0 Å². The second kappa shape index (κ2) is 11.1. The molecule has 0 bridgehead atoms. The Hall–Kier alpha value is -0.0400. The van der Waals surface area contributed by atoms with Gasteiger partial charge in [0.05, 0.1) is 0 Å². The third-order valence-corrected chi connectivity index (χ3v) is 4.03. The van der Waals surface area contributed by atoms with Crippen LogP contribution in [0.15, 0.2) is 0 Å². The molecule has 1 aliphatic heterocycles. The van der Waals surface area contributed by atoms with Crippen molar-refractivity contribution < 1.29 is 0 Å². The maximum Gasteiger partial charge on any atom is -0.00187 e. The first-order valence-electron chi connectivity index (χ1n) is 8.16. The van der Waals surface area contributed by atoms with Gasteiger partial charge in [-0.3, -0.25) is 0 Å². The van der Waals surface area contributed by atoms with E-state index in [1.54, 1.807) is 0 Å². The Morgan fingerprint density at radius 1 is 0.647 bits per heavy atom. The van der Waals surface area contributed by atoms with E-state index in [0.29, 0.717) is 0 Å². The topological polar surface area (TPSA) is 3.24 Å². The summed E-state index contributed by atoms with van der Waals surface area (Å²) in [4.78, 5) is 2.73. The fourth-order valence-corrected chi connectivity index (χ4v) is 2.83. The van der Waals surface area contributed by atoms with E-state index in [0.717, 1.165) is 0 Å². The lowest BCUT2D eigenvalue weighted by Gasteiger charge is -2.21. The van der Waals surface area contributed by atoms with Gasteiger partial charge >= 0.3 is 0 Å². The molecule has 1 aliphatic rings. The highest BCUT2D eigenvalue weighted by atomic mass is 15.1. The molecule has 0 aromatic rings. The third-order valence-electron chi connectivity index (χ3n) is 4.03. The minimum absolute atomic E-state index is 1.37. The lowest BCUT2D eigenvalue weighted by atomic mass is 10.1. The smallest absolute Gasteiger partial charge is 0.00187 e. The molecule has 1 heteroatoms. The minimum atomic E-state index is 1.37. The number of nitrogens with zero attached hydrogens (tertiary/aromatic N) is 1. The molecule has 17 heavy (non-hydrogen) atoms. The van der Waals surface area contributed by atoms with Crippen LogP contribution in [0.2, 0.25) is 0 Å². The molecule has 1 fully saturated rings. The van der Waals surface area contributed by atoms with E-state index < -0.39 is 0 Å². The summed E-state index contributed by atoms with van der Waals surface area (Å²) in [6.07, 6.45) is 17.4. The summed E-state index contributed by atoms with van der Waals surface area (Å²) in [6, 6.07) is 0. The predicted octanol–water partition coefficient (Wildman–Crippen LogP) is 5.00. The summed E-state index contributed by atoms with van der Waals surface area (Å²) >= 11 is 0. The van der Waals surface area contributed by atoms with Crippen molar-refractivity contribution in [2.24, 2.45) is 0 Å². The number of rotatable bonds is 7. The van der Waals surface area contributed by atoms with Gasteiger partial charge in [-0.25, -0.2) is 0 Å². The SMILES string of the molecule is CCCCCCCCN1CCCCCCCC1. The van der Waals surface area contributed by atoms with Gasteiger partial charge in [0.15, 0.2) is 0 Å². The zero-order valence-electron chi connectivity index (χ0n) is 12.1. The Labute approximate surface area is 109 Å². The van der Waals surface area contributed by atoms with Crippen LogP contribution in [0.1, 0.15) is 84.0 Å². The van der Waals surface area contributed by atoms with E-state index in [4.69, 9.17) is 0 Å². The van der Waals surface area contributed by atoms with Gasteiger partial charge in [-0.05, 0) is 38.9 Å². The molecule has 0 saturated carbocycles. The Balaban J connectivity index is 1.99. The standard InChI is InChI=1S/C16H33N/c1-2-3-4-5-8-11-14-17-15-12-9-6-7-10-13-16-17/h2-16H2,1H3. The van der Waals surface area contributed by atoms with Gasteiger partial charge in [0, 0.05) is 0 Å². The van der Waals surface area contributed by atoms with Crippen LogP contribution in [0.25, 0.3) is 0 Å². The van der Waals surface area contributed by atoms with Crippen molar-refractivity contribution in [1.82, 2.24) is 4.90 Å². The van der Waals surface area contributed by atoms with E-state index in [1.165, 1.54) is 96.7 Å². The summed E-state index contributed by atoms with van der Waals surface area (Å²) in [5, 5.41) is 0. The van der Waals surface area contributed by atoms with Crippen molar-refractivity contribution in [3.8, 4) is 0 Å². The van der Waals surface area contributed by atoms with Crippen LogP contribution in [0.5, 0.6) is 0 Å². The molecule has 0 aromatic carbocycles. The highest BCUT2D eigenvalue weighted by molar-refractivity contribution is 4.62. The fourth-order valence-electron chi connectivity index (χ4n) is 2.83. The number of hydrogen-bond donors (Lipinski definition) is 0. The lowest BCUT2D eigenvalue weighted by Crippen LogP contribution is -2.26. The monoisotopic (exact) mass is 239 g/mol. The molecule has 1 saturated heterocycles. The first-order chi connectivity index (χ1) is 8.43. The average molecular weight is 239 g/mol. The van der Waals surface area contributed by atoms with Crippen molar-refractivity contribution in [1.29, 1.82) is 0 Å². The zero-order chi connectivity index (χ0) is 12.2. The quantitative estimate of drug-likeness (QED) is 0.565. The fraction of sp³-hybridized carbons (Fsp3) is 1.00. The lowest BCUT2D eigenvalue weighted by molar-refractivity contribution is 0.262. The van der Waals surface area contributed by atoms with E-state index in [9.17, 15) is 0 Å². The van der Waals surface area contributed by atoms with Crippen LogP contribution in [-0.4, -0.2) is 24.5 Å². The Bertz CT molecular complexity index is 146. The van der Waals surface area contributed by atoms with Gasteiger partial charge in [-0.1, -0.05) is 64.7 Å². The van der Waals surface area contributed by atoms with Gasteiger partial charge < -0.3 is 4.90 Å². The summed E-state index contributed by atoms with van der Waals surface area (Å²) in [5.41, 5.74) is 0. The van der Waals surface area contributed by atoms with Crippen LogP contribution < -0.4 is 0 Å². The van der Waals surface area contributed by atoms with Gasteiger partial charge in [-0.2, -0.15) is 0 Å². The molecule has 0 aliphatic carbocycles. The molecule has 1 nitrogen and oxygen atoms in total. The first kappa shape index (κ1) is 15.0. The van der Waals surface area contributed by atoms with E-state index in [2.05, 4.69) is 11.8 Å².